The van der Waals surface area contributed by atoms with Gasteiger partial charge in [-0.15, -0.1) is 0 Å². The van der Waals surface area contributed by atoms with Crippen LogP contribution in [0, 0.1) is 0 Å². The fourth-order valence-electron chi connectivity index (χ4n) is 5.62. The van der Waals surface area contributed by atoms with Crippen LogP contribution in [-0.2, 0) is 46.5 Å². The normalized spacial score (nSPS) is 18.1. The number of epoxide rings is 1. The number of carbonyl (C=O) groups is 2. The Morgan fingerprint density at radius 2 is 1.13 bits per heavy atom. The third-order valence-corrected chi connectivity index (χ3v) is 10.4. The van der Waals surface area contributed by atoms with Gasteiger partial charge in [-0.2, -0.15) is 0 Å². The van der Waals surface area contributed by atoms with Gasteiger partial charge in [0.2, 0.25) is 0 Å². The van der Waals surface area contributed by atoms with Crippen molar-refractivity contribution in [2.45, 2.75) is 167 Å². The van der Waals surface area contributed by atoms with Crippen LogP contribution in [0.4, 0.5) is 0 Å². The lowest BCUT2D eigenvalue weighted by Crippen LogP contribution is -2.30. The maximum atomic E-state index is 12.7. The molecule has 0 saturated carbocycles. The van der Waals surface area contributed by atoms with Crippen molar-refractivity contribution in [3.63, 3.8) is 0 Å². The highest BCUT2D eigenvalue weighted by molar-refractivity contribution is 7.47. The summed E-state index contributed by atoms with van der Waals surface area (Å²) >= 11 is 0. The number of aliphatic hydroxyl groups excluding tert-OH is 1. The van der Waals surface area contributed by atoms with Crippen molar-refractivity contribution in [1.82, 2.24) is 0 Å². The molecule has 344 valence electrons. The SMILES string of the molecule is CC/C=C\C/C=C\C/C=C\CCCCCCCC(=O)O[C@H](COC(=O)CCCC1OC1C/C=C\C/C=C\C/C=C\CCCCC)COP(=O)(O)OC[C@@H](O)COP(=O)(O)O. The second-order valence-corrected chi connectivity index (χ2v) is 17.3. The number of ether oxygens (including phenoxy) is 3. The highest BCUT2D eigenvalue weighted by Gasteiger charge is 2.36. The quantitative estimate of drug-likeness (QED) is 0.0149. The number of carbonyl (C=O) groups excluding carboxylic acids is 2. The van der Waals surface area contributed by atoms with Crippen LogP contribution < -0.4 is 0 Å². The number of rotatable bonds is 39. The average molecular weight is 889 g/mol. The molecule has 14 nitrogen and oxygen atoms in total. The highest BCUT2D eigenvalue weighted by atomic mass is 31.2. The van der Waals surface area contributed by atoms with Crippen molar-refractivity contribution in [3.05, 3.63) is 72.9 Å². The lowest BCUT2D eigenvalue weighted by Gasteiger charge is -2.20. The van der Waals surface area contributed by atoms with Crippen LogP contribution in [0.2, 0.25) is 0 Å². The van der Waals surface area contributed by atoms with E-state index in [0.717, 1.165) is 77.0 Å². The molecule has 1 saturated heterocycles. The number of allylic oxidation sites excluding steroid dienone is 11. The fourth-order valence-corrected chi connectivity index (χ4v) is 6.78. The summed E-state index contributed by atoms with van der Waals surface area (Å²) in [5, 5.41) is 9.75. The van der Waals surface area contributed by atoms with Crippen molar-refractivity contribution in [2.75, 3.05) is 26.4 Å². The van der Waals surface area contributed by atoms with E-state index in [1.165, 1.54) is 19.3 Å². The molecule has 0 bridgehead atoms. The van der Waals surface area contributed by atoms with Gasteiger partial charge in [-0.05, 0) is 83.5 Å². The summed E-state index contributed by atoms with van der Waals surface area (Å²) in [6.45, 7) is 1.50. The Bertz CT molecular complexity index is 1400. The summed E-state index contributed by atoms with van der Waals surface area (Å²) < 4.78 is 53.5. The van der Waals surface area contributed by atoms with E-state index in [1.807, 2.05) is 0 Å². The lowest BCUT2D eigenvalue weighted by molar-refractivity contribution is -0.161. The van der Waals surface area contributed by atoms with Gasteiger partial charge in [-0.25, -0.2) is 9.13 Å². The van der Waals surface area contributed by atoms with Gasteiger partial charge in [0.15, 0.2) is 6.10 Å². The van der Waals surface area contributed by atoms with E-state index < -0.39 is 66.2 Å². The number of hydrogen-bond donors (Lipinski definition) is 4. The van der Waals surface area contributed by atoms with E-state index in [2.05, 4.69) is 95.8 Å². The summed E-state index contributed by atoms with van der Waals surface area (Å²) in [6, 6.07) is 0. The fraction of sp³-hybridized carbons (Fsp3) is 0.682. The number of unbranched alkanes of at least 4 members (excludes halogenated alkanes) is 8. The molecule has 0 aromatic heterocycles. The van der Waals surface area contributed by atoms with E-state index >= 15 is 0 Å². The first-order chi connectivity index (χ1) is 28.8. The molecule has 1 rings (SSSR count). The van der Waals surface area contributed by atoms with Crippen LogP contribution in [0.5, 0.6) is 0 Å². The second kappa shape index (κ2) is 36.0. The molecule has 1 aliphatic rings. The Kier molecular flexibility index (Phi) is 33.4. The molecule has 0 amide bonds. The molecule has 1 aliphatic heterocycles. The van der Waals surface area contributed by atoms with E-state index in [1.54, 1.807) is 0 Å². The van der Waals surface area contributed by atoms with Crippen molar-refractivity contribution < 1.29 is 66.3 Å². The largest absolute Gasteiger partial charge is 0.472 e. The zero-order valence-electron chi connectivity index (χ0n) is 36.0. The van der Waals surface area contributed by atoms with Crippen LogP contribution in [0.15, 0.2) is 72.9 Å². The molecule has 0 radical (unpaired) electrons. The third kappa shape index (κ3) is 36.2. The molecule has 1 heterocycles. The molecule has 0 spiro atoms. The summed E-state index contributed by atoms with van der Waals surface area (Å²) in [6.07, 6.45) is 40.6. The minimum atomic E-state index is -4.88. The van der Waals surface area contributed by atoms with E-state index in [-0.39, 0.29) is 25.0 Å². The van der Waals surface area contributed by atoms with E-state index in [0.29, 0.717) is 19.3 Å². The molecule has 60 heavy (non-hydrogen) atoms. The summed E-state index contributed by atoms with van der Waals surface area (Å²) in [5.74, 6) is -1.13. The van der Waals surface area contributed by atoms with Crippen LogP contribution in [0.25, 0.3) is 0 Å². The lowest BCUT2D eigenvalue weighted by atomic mass is 10.1. The van der Waals surface area contributed by atoms with E-state index in [4.69, 9.17) is 28.5 Å². The Balaban J connectivity index is 2.43. The van der Waals surface area contributed by atoms with Gasteiger partial charge in [-0.3, -0.25) is 23.2 Å². The smallest absolute Gasteiger partial charge is 0.462 e. The maximum absolute atomic E-state index is 12.7. The van der Waals surface area contributed by atoms with Crippen molar-refractivity contribution >= 4 is 27.6 Å². The Hall–Kier alpha value is -2.48. The first-order valence-electron chi connectivity index (χ1n) is 21.8. The summed E-state index contributed by atoms with van der Waals surface area (Å²) in [4.78, 5) is 52.8. The van der Waals surface area contributed by atoms with Gasteiger partial charge in [0.25, 0.3) is 0 Å². The van der Waals surface area contributed by atoms with Crippen molar-refractivity contribution in [3.8, 4) is 0 Å². The standard InChI is InChI=1S/C44H74O14P2/c1-3-5-7-9-11-13-15-17-18-19-21-23-25-27-29-33-44(47)57-40(38-56-60(51,52)55-36-39(45)35-54-59(48,49)50)37-53-43(46)34-30-32-42-41(58-42)31-28-26-24-22-20-16-14-12-10-8-6-4-2/h5,7,11-14,17-18,20,22,26,28,39-42,45H,3-4,6,8-10,15-16,19,21,23-25,27,29-38H2,1-2H3,(H,51,52)(H2,48,49,50)/b7-5-,13-11-,14-12-,18-17-,22-20-,28-26-/t39-,40+,41?,42?/m0/s1. The topological polar surface area (TPSA) is 208 Å². The molecule has 0 aromatic carbocycles. The van der Waals surface area contributed by atoms with Gasteiger partial charge in [0, 0.05) is 12.8 Å². The third-order valence-electron chi connectivity index (χ3n) is 8.99. The molecule has 4 N–H and O–H groups in total. The number of esters is 2. The van der Waals surface area contributed by atoms with Crippen LogP contribution in [-0.4, -0.2) is 82.6 Å². The molecule has 1 fully saturated rings. The van der Waals surface area contributed by atoms with Gasteiger partial charge in [0.05, 0.1) is 32.0 Å². The molecular weight excluding hydrogens is 814 g/mol. The second-order valence-electron chi connectivity index (χ2n) is 14.6. The average Bonchev–Trinajstić information content (AvgIpc) is 3.96. The van der Waals surface area contributed by atoms with Crippen molar-refractivity contribution in [2.24, 2.45) is 0 Å². The number of aliphatic hydroxyl groups is 1. The van der Waals surface area contributed by atoms with Crippen LogP contribution >= 0.6 is 15.6 Å². The predicted octanol–water partition coefficient (Wildman–Crippen LogP) is 9.99. The van der Waals surface area contributed by atoms with Crippen molar-refractivity contribution in [1.29, 1.82) is 0 Å². The number of phosphoric ester groups is 2. The summed E-state index contributed by atoms with van der Waals surface area (Å²) in [7, 11) is -9.71. The predicted molar refractivity (Wildman–Crippen MR) is 234 cm³/mol. The first-order valence-corrected chi connectivity index (χ1v) is 24.8. The van der Waals surface area contributed by atoms with Gasteiger partial charge >= 0.3 is 27.6 Å². The molecule has 16 heteroatoms. The zero-order valence-corrected chi connectivity index (χ0v) is 37.8. The molecule has 0 aliphatic carbocycles. The minimum Gasteiger partial charge on any atom is -0.462 e. The van der Waals surface area contributed by atoms with Gasteiger partial charge in [0.1, 0.15) is 12.7 Å². The highest BCUT2D eigenvalue weighted by Crippen LogP contribution is 2.44. The van der Waals surface area contributed by atoms with Gasteiger partial charge < -0.3 is 34.0 Å². The number of hydrogen-bond acceptors (Lipinski definition) is 11. The first kappa shape index (κ1) is 55.5. The van der Waals surface area contributed by atoms with E-state index in [9.17, 15) is 28.7 Å². The minimum absolute atomic E-state index is 0.0749. The Labute approximate surface area is 359 Å². The number of phosphoric acid groups is 2. The monoisotopic (exact) mass is 888 g/mol. The maximum Gasteiger partial charge on any atom is 0.472 e. The zero-order chi connectivity index (χ0) is 44.2. The molecule has 0 aromatic rings. The van der Waals surface area contributed by atoms with Crippen LogP contribution in [0.1, 0.15) is 142 Å². The Morgan fingerprint density at radius 1 is 0.600 bits per heavy atom. The van der Waals surface area contributed by atoms with Gasteiger partial charge in [-0.1, -0.05) is 119 Å². The molecular formula is C44H74O14P2. The molecule has 5 atom stereocenters. The Morgan fingerprint density at radius 3 is 1.77 bits per heavy atom. The van der Waals surface area contributed by atoms with Crippen LogP contribution in [0.3, 0.4) is 0 Å². The summed E-state index contributed by atoms with van der Waals surface area (Å²) in [5.41, 5.74) is 0. The molecule has 3 unspecified atom stereocenters.